The zero-order valence-corrected chi connectivity index (χ0v) is 20.2. The Kier molecular flexibility index (Phi) is 7.63. The molecule has 0 saturated carbocycles. The minimum Gasteiger partial charge on any atom is -0.434 e. The maximum absolute atomic E-state index is 13.3. The molecule has 1 aliphatic heterocycles. The van der Waals surface area contributed by atoms with Crippen LogP contribution in [0.2, 0.25) is 5.02 Å². The standard InChI is InChI=1S/C26H25ClN2O6/c1-16(2)15-34-26(32)35-25(31)18-5-3-17(4-6-18)22-14-21(24(30)29-9-11-33-12-10-29)20-8-7-19(27)13-23(20)28-22/h3-8,13-14,16H,9-12,15H2,1-2H3. The molecule has 0 N–H and O–H groups in total. The number of carbonyl (C=O) groups is 3. The zero-order valence-electron chi connectivity index (χ0n) is 19.5. The van der Waals surface area contributed by atoms with Crippen molar-refractivity contribution >= 4 is 40.5 Å². The number of fused-ring (bicyclic) bond motifs is 1. The van der Waals surface area contributed by atoms with E-state index in [2.05, 4.69) is 4.98 Å². The maximum Gasteiger partial charge on any atom is 0.516 e. The molecule has 0 spiro atoms. The predicted octanol–water partition coefficient (Wildman–Crippen LogP) is 4.98. The molecule has 1 amide bonds. The molecule has 9 heteroatoms. The van der Waals surface area contributed by atoms with E-state index in [0.29, 0.717) is 59.0 Å². The van der Waals surface area contributed by atoms with E-state index < -0.39 is 12.1 Å². The number of halogens is 1. The van der Waals surface area contributed by atoms with Gasteiger partial charge < -0.3 is 19.1 Å². The Hall–Kier alpha value is -3.49. The van der Waals surface area contributed by atoms with Gasteiger partial charge in [-0.3, -0.25) is 4.79 Å². The van der Waals surface area contributed by atoms with Gasteiger partial charge in [0.2, 0.25) is 0 Å². The zero-order chi connectivity index (χ0) is 24.9. The second kappa shape index (κ2) is 10.8. The van der Waals surface area contributed by atoms with E-state index in [4.69, 9.17) is 25.8 Å². The van der Waals surface area contributed by atoms with Gasteiger partial charge >= 0.3 is 12.1 Å². The van der Waals surface area contributed by atoms with Crippen molar-refractivity contribution in [2.45, 2.75) is 13.8 Å². The van der Waals surface area contributed by atoms with Crippen LogP contribution in [0.25, 0.3) is 22.2 Å². The fourth-order valence-corrected chi connectivity index (χ4v) is 3.81. The summed E-state index contributed by atoms with van der Waals surface area (Å²) in [5.74, 6) is -0.794. The average Bonchev–Trinajstić information content (AvgIpc) is 2.86. The van der Waals surface area contributed by atoms with Gasteiger partial charge in [0.1, 0.15) is 0 Å². The summed E-state index contributed by atoms with van der Waals surface area (Å²) in [7, 11) is 0. The number of morpholine rings is 1. The predicted molar refractivity (Wildman–Crippen MR) is 131 cm³/mol. The van der Waals surface area contributed by atoms with Gasteiger partial charge in [0.15, 0.2) is 0 Å². The first-order valence-corrected chi connectivity index (χ1v) is 11.7. The van der Waals surface area contributed by atoms with E-state index in [0.717, 1.165) is 0 Å². The molecular weight excluding hydrogens is 472 g/mol. The molecule has 182 valence electrons. The second-order valence-corrected chi connectivity index (χ2v) is 8.98. The third kappa shape index (κ3) is 5.96. The highest BCUT2D eigenvalue weighted by Gasteiger charge is 2.22. The number of pyridine rings is 1. The van der Waals surface area contributed by atoms with Gasteiger partial charge in [-0.2, -0.15) is 0 Å². The van der Waals surface area contributed by atoms with Crippen molar-refractivity contribution in [2.75, 3.05) is 32.9 Å². The van der Waals surface area contributed by atoms with Gasteiger partial charge in [0.25, 0.3) is 5.91 Å². The first-order chi connectivity index (χ1) is 16.8. The molecule has 0 aliphatic carbocycles. The van der Waals surface area contributed by atoms with Crippen LogP contribution in [0.5, 0.6) is 0 Å². The first-order valence-electron chi connectivity index (χ1n) is 11.3. The van der Waals surface area contributed by atoms with Crippen molar-refractivity contribution in [3.63, 3.8) is 0 Å². The molecule has 0 bridgehead atoms. The van der Waals surface area contributed by atoms with Crippen molar-refractivity contribution in [3.05, 3.63) is 64.7 Å². The summed E-state index contributed by atoms with van der Waals surface area (Å²) in [4.78, 5) is 43.7. The van der Waals surface area contributed by atoms with E-state index in [-0.39, 0.29) is 24.0 Å². The van der Waals surface area contributed by atoms with Gasteiger partial charge in [-0.05, 0) is 36.2 Å². The smallest absolute Gasteiger partial charge is 0.434 e. The molecular formula is C26H25ClN2O6. The van der Waals surface area contributed by atoms with Crippen LogP contribution in [0.15, 0.2) is 48.5 Å². The molecule has 4 rings (SSSR count). The van der Waals surface area contributed by atoms with Crippen LogP contribution in [0.4, 0.5) is 4.79 Å². The first kappa shape index (κ1) is 24.6. The SMILES string of the molecule is CC(C)COC(=O)OC(=O)c1ccc(-c2cc(C(=O)N3CCOCC3)c3ccc(Cl)cc3n2)cc1. The van der Waals surface area contributed by atoms with Crippen LogP contribution in [0.1, 0.15) is 34.6 Å². The summed E-state index contributed by atoms with van der Waals surface area (Å²) in [6.07, 6.45) is -1.04. The Labute approximate surface area is 207 Å². The highest BCUT2D eigenvalue weighted by Crippen LogP contribution is 2.28. The highest BCUT2D eigenvalue weighted by molar-refractivity contribution is 6.31. The molecule has 2 aromatic carbocycles. The maximum atomic E-state index is 13.3. The molecule has 1 aliphatic rings. The minimum absolute atomic E-state index is 0.107. The van der Waals surface area contributed by atoms with E-state index in [9.17, 15) is 14.4 Å². The number of nitrogens with zero attached hydrogens (tertiary/aromatic N) is 2. The fraction of sp³-hybridized carbons (Fsp3) is 0.308. The summed E-state index contributed by atoms with van der Waals surface area (Å²) in [6.45, 7) is 5.94. The summed E-state index contributed by atoms with van der Waals surface area (Å²) in [6, 6.07) is 13.4. The molecule has 1 aromatic heterocycles. The second-order valence-electron chi connectivity index (χ2n) is 8.54. The summed E-state index contributed by atoms with van der Waals surface area (Å²) in [5.41, 5.74) is 2.51. The third-order valence-electron chi connectivity index (χ3n) is 5.43. The number of ether oxygens (including phenoxy) is 3. The fourth-order valence-electron chi connectivity index (χ4n) is 3.64. The van der Waals surface area contributed by atoms with Crippen LogP contribution in [0.3, 0.4) is 0 Å². The van der Waals surface area contributed by atoms with Crippen LogP contribution in [-0.4, -0.2) is 60.8 Å². The molecule has 0 atom stereocenters. The van der Waals surface area contributed by atoms with E-state index in [1.54, 1.807) is 41.3 Å². The van der Waals surface area contributed by atoms with Crippen molar-refractivity contribution in [3.8, 4) is 11.3 Å². The number of rotatable bonds is 5. The van der Waals surface area contributed by atoms with Crippen molar-refractivity contribution in [2.24, 2.45) is 5.92 Å². The normalized spacial score (nSPS) is 13.7. The molecule has 1 fully saturated rings. The topological polar surface area (TPSA) is 95.0 Å². The molecule has 1 saturated heterocycles. The molecule has 0 radical (unpaired) electrons. The van der Waals surface area contributed by atoms with E-state index >= 15 is 0 Å². The molecule has 35 heavy (non-hydrogen) atoms. The lowest BCUT2D eigenvalue weighted by Gasteiger charge is -2.27. The highest BCUT2D eigenvalue weighted by atomic mass is 35.5. The van der Waals surface area contributed by atoms with E-state index in [1.807, 2.05) is 13.8 Å². The Morgan fingerprint density at radius 2 is 1.77 bits per heavy atom. The number of aromatic nitrogens is 1. The summed E-state index contributed by atoms with van der Waals surface area (Å²) < 4.78 is 15.0. The lowest BCUT2D eigenvalue weighted by Crippen LogP contribution is -2.40. The minimum atomic E-state index is -1.04. The van der Waals surface area contributed by atoms with Crippen molar-refractivity contribution in [1.29, 1.82) is 0 Å². The van der Waals surface area contributed by atoms with Crippen molar-refractivity contribution < 1.29 is 28.6 Å². The lowest BCUT2D eigenvalue weighted by atomic mass is 10.0. The molecule has 2 heterocycles. The molecule has 0 unspecified atom stereocenters. The van der Waals surface area contributed by atoms with Crippen LogP contribution in [0, 0.1) is 5.92 Å². The monoisotopic (exact) mass is 496 g/mol. The average molecular weight is 497 g/mol. The molecule has 3 aromatic rings. The number of amides is 1. The largest absolute Gasteiger partial charge is 0.516 e. The molecule has 8 nitrogen and oxygen atoms in total. The summed E-state index contributed by atoms with van der Waals surface area (Å²) >= 11 is 6.19. The number of hydrogen-bond donors (Lipinski definition) is 0. The summed E-state index contributed by atoms with van der Waals surface area (Å²) in [5, 5.41) is 1.21. The number of esters is 1. The van der Waals surface area contributed by atoms with Gasteiger partial charge in [-0.1, -0.05) is 43.6 Å². The Morgan fingerprint density at radius 1 is 1.06 bits per heavy atom. The third-order valence-corrected chi connectivity index (χ3v) is 5.66. The number of hydrogen-bond acceptors (Lipinski definition) is 7. The lowest BCUT2D eigenvalue weighted by molar-refractivity contribution is 0.0303. The van der Waals surface area contributed by atoms with Crippen LogP contribution in [-0.2, 0) is 14.2 Å². The Morgan fingerprint density at radius 3 is 2.46 bits per heavy atom. The van der Waals surface area contributed by atoms with E-state index in [1.165, 1.54) is 12.1 Å². The Bertz CT molecular complexity index is 1250. The number of benzene rings is 2. The van der Waals surface area contributed by atoms with Crippen molar-refractivity contribution in [1.82, 2.24) is 9.88 Å². The van der Waals surface area contributed by atoms with Crippen LogP contribution < -0.4 is 0 Å². The number of carbonyl (C=O) groups excluding carboxylic acids is 3. The van der Waals surface area contributed by atoms with Gasteiger partial charge in [0.05, 0.1) is 42.2 Å². The quantitative estimate of drug-likeness (QED) is 0.363. The van der Waals surface area contributed by atoms with Gasteiger partial charge in [-0.15, -0.1) is 0 Å². The van der Waals surface area contributed by atoms with Crippen LogP contribution >= 0.6 is 11.6 Å². The van der Waals surface area contributed by atoms with Gasteiger partial charge in [0, 0.05) is 29.1 Å². The Balaban J connectivity index is 1.61. The van der Waals surface area contributed by atoms with Gasteiger partial charge in [-0.25, -0.2) is 14.6 Å².